The standard InChI is InChI=1S/C19H22N2O3S/c1-14-5-7-16(8-6-14)19-4-3-13-21(19)25(23,24)18-11-9-17(10-12-18)20-15(2)22/h5-12,19H,3-4,13H2,1-2H3,(H,20,22)/t19-/m1/s1. The molecule has 3 rings (SSSR count). The van der Waals surface area contributed by atoms with Crippen LogP contribution >= 0.6 is 0 Å². The first-order chi connectivity index (χ1) is 11.9. The average molecular weight is 358 g/mol. The van der Waals surface area contributed by atoms with Gasteiger partial charge in [0.1, 0.15) is 0 Å². The molecule has 0 aliphatic carbocycles. The highest BCUT2D eigenvalue weighted by atomic mass is 32.2. The number of benzene rings is 2. The second-order valence-corrected chi connectivity index (χ2v) is 8.28. The van der Waals surface area contributed by atoms with E-state index in [1.165, 1.54) is 6.92 Å². The van der Waals surface area contributed by atoms with Crippen LogP contribution in [0.2, 0.25) is 0 Å². The van der Waals surface area contributed by atoms with Crippen LogP contribution in [0.15, 0.2) is 53.4 Å². The Morgan fingerprint density at radius 1 is 1.08 bits per heavy atom. The summed E-state index contributed by atoms with van der Waals surface area (Å²) in [4.78, 5) is 11.3. The predicted molar refractivity (Wildman–Crippen MR) is 97.8 cm³/mol. The SMILES string of the molecule is CC(=O)Nc1ccc(S(=O)(=O)N2CCC[C@@H]2c2ccc(C)cc2)cc1. The third-order valence-corrected chi connectivity index (χ3v) is 6.37. The molecule has 0 radical (unpaired) electrons. The van der Waals surface area contributed by atoms with Crippen molar-refractivity contribution in [3.63, 3.8) is 0 Å². The van der Waals surface area contributed by atoms with Gasteiger partial charge in [-0.1, -0.05) is 29.8 Å². The molecular weight excluding hydrogens is 336 g/mol. The molecule has 1 saturated heterocycles. The van der Waals surface area contributed by atoms with Crippen LogP contribution in [0.5, 0.6) is 0 Å². The number of anilines is 1. The fraction of sp³-hybridized carbons (Fsp3) is 0.316. The van der Waals surface area contributed by atoms with Crippen LogP contribution < -0.4 is 5.32 Å². The van der Waals surface area contributed by atoms with Crippen molar-refractivity contribution in [1.29, 1.82) is 0 Å². The number of nitrogens with one attached hydrogen (secondary N) is 1. The maximum atomic E-state index is 13.1. The summed E-state index contributed by atoms with van der Waals surface area (Å²) in [6, 6.07) is 14.2. The van der Waals surface area contributed by atoms with Crippen molar-refractivity contribution < 1.29 is 13.2 Å². The molecule has 25 heavy (non-hydrogen) atoms. The second kappa shape index (κ2) is 6.98. The lowest BCUT2D eigenvalue weighted by Crippen LogP contribution is -2.30. The van der Waals surface area contributed by atoms with Gasteiger partial charge in [-0.2, -0.15) is 4.31 Å². The van der Waals surface area contributed by atoms with E-state index in [0.717, 1.165) is 24.0 Å². The normalized spacial score (nSPS) is 18.2. The Bertz CT molecular complexity index is 859. The number of nitrogens with zero attached hydrogens (tertiary/aromatic N) is 1. The number of carbonyl (C=O) groups is 1. The predicted octanol–water partition coefficient (Wildman–Crippen LogP) is 3.48. The van der Waals surface area contributed by atoms with Crippen LogP contribution in [0.25, 0.3) is 0 Å². The smallest absolute Gasteiger partial charge is 0.243 e. The van der Waals surface area contributed by atoms with Gasteiger partial charge in [0, 0.05) is 19.2 Å². The highest BCUT2D eigenvalue weighted by Crippen LogP contribution is 2.36. The lowest BCUT2D eigenvalue weighted by atomic mass is 10.0. The van der Waals surface area contributed by atoms with E-state index in [1.54, 1.807) is 28.6 Å². The van der Waals surface area contributed by atoms with Crippen LogP contribution in [-0.2, 0) is 14.8 Å². The zero-order valence-corrected chi connectivity index (χ0v) is 15.2. The zero-order valence-electron chi connectivity index (χ0n) is 14.4. The summed E-state index contributed by atoms with van der Waals surface area (Å²) in [7, 11) is -3.57. The Morgan fingerprint density at radius 2 is 1.72 bits per heavy atom. The Balaban J connectivity index is 1.87. The van der Waals surface area contributed by atoms with E-state index in [9.17, 15) is 13.2 Å². The topological polar surface area (TPSA) is 66.5 Å². The van der Waals surface area contributed by atoms with Gasteiger partial charge in [0.05, 0.1) is 10.9 Å². The van der Waals surface area contributed by atoms with Crippen LogP contribution in [-0.4, -0.2) is 25.2 Å². The molecule has 1 aliphatic rings. The Morgan fingerprint density at radius 3 is 2.32 bits per heavy atom. The van der Waals surface area contributed by atoms with Crippen molar-refractivity contribution in [1.82, 2.24) is 4.31 Å². The van der Waals surface area contributed by atoms with Crippen molar-refractivity contribution in [3.05, 3.63) is 59.7 Å². The molecule has 1 amide bonds. The molecule has 0 aromatic heterocycles. The van der Waals surface area contributed by atoms with Gasteiger partial charge in [-0.15, -0.1) is 0 Å². The van der Waals surface area contributed by atoms with Gasteiger partial charge in [0.15, 0.2) is 0 Å². The fourth-order valence-corrected chi connectivity index (χ4v) is 4.88. The van der Waals surface area contributed by atoms with Crippen molar-refractivity contribution in [2.75, 3.05) is 11.9 Å². The van der Waals surface area contributed by atoms with Gasteiger partial charge < -0.3 is 5.32 Å². The number of sulfonamides is 1. The molecule has 1 N–H and O–H groups in total. The Hall–Kier alpha value is -2.18. The summed E-state index contributed by atoms with van der Waals surface area (Å²) in [6.45, 7) is 3.96. The molecule has 0 spiro atoms. The van der Waals surface area contributed by atoms with Crippen molar-refractivity contribution in [2.45, 2.75) is 37.6 Å². The molecule has 6 heteroatoms. The van der Waals surface area contributed by atoms with Gasteiger partial charge in [-0.3, -0.25) is 4.79 Å². The van der Waals surface area contributed by atoms with Crippen LogP contribution in [0, 0.1) is 6.92 Å². The Labute approximate surface area is 148 Å². The summed E-state index contributed by atoms with van der Waals surface area (Å²) in [5.41, 5.74) is 2.77. The lowest BCUT2D eigenvalue weighted by Gasteiger charge is -2.24. The van der Waals surface area contributed by atoms with Gasteiger partial charge in [-0.25, -0.2) is 8.42 Å². The summed E-state index contributed by atoms with van der Waals surface area (Å²) in [5.74, 6) is -0.186. The molecule has 1 heterocycles. The van der Waals surface area contributed by atoms with E-state index in [2.05, 4.69) is 5.32 Å². The van der Waals surface area contributed by atoms with Crippen molar-refractivity contribution in [3.8, 4) is 0 Å². The molecule has 0 unspecified atom stereocenters. The molecule has 0 bridgehead atoms. The van der Waals surface area contributed by atoms with Crippen LogP contribution in [0.3, 0.4) is 0 Å². The highest BCUT2D eigenvalue weighted by molar-refractivity contribution is 7.89. The minimum absolute atomic E-state index is 0.124. The summed E-state index contributed by atoms with van der Waals surface area (Å²) >= 11 is 0. The van der Waals surface area contributed by atoms with E-state index in [4.69, 9.17) is 0 Å². The van der Waals surface area contributed by atoms with Crippen LogP contribution in [0.4, 0.5) is 5.69 Å². The molecule has 132 valence electrons. The molecule has 0 saturated carbocycles. The molecule has 1 aliphatic heterocycles. The van der Waals surface area contributed by atoms with Crippen molar-refractivity contribution >= 4 is 21.6 Å². The molecule has 1 atom stereocenters. The minimum atomic E-state index is -3.57. The van der Waals surface area contributed by atoms with Crippen LogP contribution in [0.1, 0.15) is 36.9 Å². The Kier molecular flexibility index (Phi) is 4.92. The summed E-state index contributed by atoms with van der Waals surface area (Å²) < 4.78 is 27.7. The zero-order chi connectivity index (χ0) is 18.0. The van der Waals surface area contributed by atoms with Crippen molar-refractivity contribution in [2.24, 2.45) is 0 Å². The highest BCUT2D eigenvalue weighted by Gasteiger charge is 2.36. The van der Waals surface area contributed by atoms with E-state index in [0.29, 0.717) is 12.2 Å². The molecule has 2 aromatic rings. The number of carbonyl (C=O) groups excluding carboxylic acids is 1. The number of hydrogen-bond donors (Lipinski definition) is 1. The van der Waals surface area contributed by atoms with Gasteiger partial charge >= 0.3 is 0 Å². The number of rotatable bonds is 4. The van der Waals surface area contributed by atoms with E-state index >= 15 is 0 Å². The molecule has 2 aromatic carbocycles. The maximum absolute atomic E-state index is 13.1. The van der Waals surface area contributed by atoms with Gasteiger partial charge in [0.2, 0.25) is 15.9 Å². The van der Waals surface area contributed by atoms with E-state index in [1.807, 2.05) is 31.2 Å². The fourth-order valence-electron chi connectivity index (χ4n) is 3.20. The molecular formula is C19H22N2O3S. The van der Waals surface area contributed by atoms with Gasteiger partial charge in [0.25, 0.3) is 0 Å². The van der Waals surface area contributed by atoms with Gasteiger partial charge in [-0.05, 0) is 49.6 Å². The maximum Gasteiger partial charge on any atom is 0.243 e. The lowest BCUT2D eigenvalue weighted by molar-refractivity contribution is -0.114. The third kappa shape index (κ3) is 3.75. The summed E-state index contributed by atoms with van der Waals surface area (Å²) in [6.07, 6.45) is 1.67. The molecule has 5 nitrogen and oxygen atoms in total. The third-order valence-electron chi connectivity index (χ3n) is 4.45. The summed E-state index contributed by atoms with van der Waals surface area (Å²) in [5, 5.41) is 2.65. The van der Waals surface area contributed by atoms with E-state index < -0.39 is 10.0 Å². The number of hydrogen-bond acceptors (Lipinski definition) is 3. The van der Waals surface area contributed by atoms with E-state index in [-0.39, 0.29) is 16.8 Å². The minimum Gasteiger partial charge on any atom is -0.326 e. The average Bonchev–Trinajstić information content (AvgIpc) is 3.06. The largest absolute Gasteiger partial charge is 0.326 e. The quantitative estimate of drug-likeness (QED) is 0.910. The number of amides is 1. The monoisotopic (exact) mass is 358 g/mol. The first kappa shape index (κ1) is 17.6. The second-order valence-electron chi connectivity index (χ2n) is 6.39. The first-order valence-corrected chi connectivity index (χ1v) is 9.78. The number of aryl methyl sites for hydroxylation is 1. The first-order valence-electron chi connectivity index (χ1n) is 8.34. The molecule has 1 fully saturated rings.